The molecular weight excluding hydrogens is 234 g/mol. The molecule has 0 saturated carbocycles. The summed E-state index contributed by atoms with van der Waals surface area (Å²) >= 11 is 0. The van der Waals surface area contributed by atoms with Gasteiger partial charge in [0.15, 0.2) is 0 Å². The highest BCUT2D eigenvalue weighted by molar-refractivity contribution is 5.38. The zero-order valence-electron chi connectivity index (χ0n) is 11.4. The second kappa shape index (κ2) is 4.71. The van der Waals surface area contributed by atoms with Crippen molar-refractivity contribution in [3.05, 3.63) is 64.7 Å². The number of rotatable bonds is 2. The Bertz CT molecular complexity index is 586. The molecule has 1 aliphatic carbocycles. The van der Waals surface area contributed by atoms with Gasteiger partial charge in [-0.05, 0) is 48.2 Å². The lowest BCUT2D eigenvalue weighted by atomic mass is 10.1. The monoisotopic (exact) mass is 253 g/mol. The minimum absolute atomic E-state index is 0.0305. The minimum Gasteiger partial charge on any atom is -0.488 e. The van der Waals surface area contributed by atoms with Crippen LogP contribution in [-0.2, 0) is 6.42 Å². The van der Waals surface area contributed by atoms with Crippen molar-refractivity contribution in [1.29, 1.82) is 0 Å². The van der Waals surface area contributed by atoms with Crippen LogP contribution in [0.1, 0.15) is 28.3 Å². The number of aryl methyl sites for hydroxylation is 2. The average molecular weight is 253 g/mol. The van der Waals surface area contributed by atoms with Crippen LogP contribution in [0.4, 0.5) is 0 Å². The molecule has 0 radical (unpaired) electrons. The Morgan fingerprint density at radius 1 is 1.05 bits per heavy atom. The predicted molar refractivity (Wildman–Crippen MR) is 77.4 cm³/mol. The molecule has 2 N–H and O–H groups in total. The molecular formula is C17H19NO. The highest BCUT2D eigenvalue weighted by Gasteiger charge is 2.30. The molecule has 0 fully saturated rings. The number of hydrogen-bond donors (Lipinski definition) is 1. The number of benzene rings is 2. The van der Waals surface area contributed by atoms with E-state index in [2.05, 4.69) is 50.2 Å². The lowest BCUT2D eigenvalue weighted by molar-refractivity contribution is 0.185. The summed E-state index contributed by atoms with van der Waals surface area (Å²) < 4.78 is 6.11. The van der Waals surface area contributed by atoms with Gasteiger partial charge in [-0.15, -0.1) is 0 Å². The molecule has 0 amide bonds. The van der Waals surface area contributed by atoms with E-state index >= 15 is 0 Å². The van der Waals surface area contributed by atoms with Gasteiger partial charge in [0, 0.05) is 6.42 Å². The van der Waals surface area contributed by atoms with Gasteiger partial charge in [0.05, 0.1) is 6.04 Å². The summed E-state index contributed by atoms with van der Waals surface area (Å²) in [5.41, 5.74) is 11.3. The van der Waals surface area contributed by atoms with E-state index in [0.29, 0.717) is 0 Å². The summed E-state index contributed by atoms with van der Waals surface area (Å²) in [6.07, 6.45) is 0.934. The molecule has 3 rings (SSSR count). The minimum atomic E-state index is -0.0305. The van der Waals surface area contributed by atoms with Crippen LogP contribution in [0.5, 0.6) is 5.75 Å². The van der Waals surface area contributed by atoms with Crippen LogP contribution in [0.2, 0.25) is 0 Å². The van der Waals surface area contributed by atoms with Crippen LogP contribution in [0, 0.1) is 13.8 Å². The number of nitrogens with two attached hydrogens (primary N) is 1. The second-order valence-electron chi connectivity index (χ2n) is 5.41. The predicted octanol–water partition coefficient (Wildman–Crippen LogP) is 3.31. The number of fused-ring (bicyclic) bond motifs is 1. The largest absolute Gasteiger partial charge is 0.488 e. The fourth-order valence-corrected chi connectivity index (χ4v) is 2.88. The second-order valence-corrected chi connectivity index (χ2v) is 5.41. The fourth-order valence-electron chi connectivity index (χ4n) is 2.88. The zero-order chi connectivity index (χ0) is 13.4. The molecule has 2 atom stereocenters. The normalized spacial score (nSPS) is 21.2. The third-order valence-electron chi connectivity index (χ3n) is 3.72. The quantitative estimate of drug-likeness (QED) is 0.891. The molecule has 2 unspecified atom stereocenters. The Hall–Kier alpha value is -1.80. The van der Waals surface area contributed by atoms with Crippen molar-refractivity contribution in [2.24, 2.45) is 5.73 Å². The maximum absolute atomic E-state index is 6.29. The van der Waals surface area contributed by atoms with Crippen LogP contribution in [0.3, 0.4) is 0 Å². The molecule has 0 bridgehead atoms. The average Bonchev–Trinajstić information content (AvgIpc) is 2.66. The molecule has 0 saturated heterocycles. The van der Waals surface area contributed by atoms with Gasteiger partial charge in [0.2, 0.25) is 0 Å². The van der Waals surface area contributed by atoms with Crippen molar-refractivity contribution in [1.82, 2.24) is 0 Å². The smallest absolute Gasteiger partial charge is 0.122 e. The molecule has 0 aliphatic heterocycles. The molecule has 19 heavy (non-hydrogen) atoms. The highest BCUT2D eigenvalue weighted by Crippen LogP contribution is 2.32. The maximum atomic E-state index is 6.29. The zero-order valence-corrected chi connectivity index (χ0v) is 11.4. The molecule has 0 heterocycles. The van der Waals surface area contributed by atoms with Crippen molar-refractivity contribution >= 4 is 0 Å². The van der Waals surface area contributed by atoms with Gasteiger partial charge in [0.25, 0.3) is 0 Å². The molecule has 0 spiro atoms. The van der Waals surface area contributed by atoms with Gasteiger partial charge in [-0.25, -0.2) is 0 Å². The van der Waals surface area contributed by atoms with Gasteiger partial charge < -0.3 is 10.5 Å². The Balaban J connectivity index is 1.82. The van der Waals surface area contributed by atoms with Crippen LogP contribution in [0.25, 0.3) is 0 Å². The van der Waals surface area contributed by atoms with Gasteiger partial charge in [-0.2, -0.15) is 0 Å². The summed E-state index contributed by atoms with van der Waals surface area (Å²) in [5, 5.41) is 0. The summed E-state index contributed by atoms with van der Waals surface area (Å²) in [7, 11) is 0. The van der Waals surface area contributed by atoms with E-state index in [1.807, 2.05) is 6.07 Å². The Kier molecular flexibility index (Phi) is 3.03. The first kappa shape index (κ1) is 12.2. The molecule has 2 aromatic carbocycles. The van der Waals surface area contributed by atoms with E-state index in [1.54, 1.807) is 0 Å². The summed E-state index contributed by atoms with van der Waals surface area (Å²) in [4.78, 5) is 0. The third kappa shape index (κ3) is 2.36. The van der Waals surface area contributed by atoms with Crippen LogP contribution in [0.15, 0.2) is 42.5 Å². The molecule has 2 heteroatoms. The van der Waals surface area contributed by atoms with Crippen LogP contribution >= 0.6 is 0 Å². The first-order chi connectivity index (χ1) is 9.13. The van der Waals surface area contributed by atoms with Crippen LogP contribution < -0.4 is 10.5 Å². The number of hydrogen-bond acceptors (Lipinski definition) is 2. The van der Waals surface area contributed by atoms with Gasteiger partial charge in [-0.1, -0.05) is 30.3 Å². The maximum Gasteiger partial charge on any atom is 0.122 e. The van der Waals surface area contributed by atoms with Crippen molar-refractivity contribution < 1.29 is 4.74 Å². The molecule has 2 nitrogen and oxygen atoms in total. The highest BCUT2D eigenvalue weighted by atomic mass is 16.5. The van der Waals surface area contributed by atoms with Crippen LogP contribution in [-0.4, -0.2) is 6.10 Å². The summed E-state index contributed by atoms with van der Waals surface area (Å²) in [6, 6.07) is 14.6. The Morgan fingerprint density at radius 3 is 2.42 bits per heavy atom. The van der Waals surface area contributed by atoms with Gasteiger partial charge in [0.1, 0.15) is 11.9 Å². The van der Waals surface area contributed by atoms with E-state index in [4.69, 9.17) is 10.5 Å². The molecule has 2 aromatic rings. The van der Waals surface area contributed by atoms with Gasteiger partial charge >= 0.3 is 0 Å². The SMILES string of the molecule is Cc1cc(C)cc(OC2Cc3ccccc3C2N)c1. The Labute approximate surface area is 114 Å². The van der Waals surface area contributed by atoms with Crippen molar-refractivity contribution in [3.63, 3.8) is 0 Å². The summed E-state index contributed by atoms with van der Waals surface area (Å²) in [5.74, 6) is 0.922. The third-order valence-corrected chi connectivity index (χ3v) is 3.72. The standard InChI is InChI=1S/C17H19NO/c1-11-7-12(2)9-14(8-11)19-16-10-13-5-3-4-6-15(13)17(16)18/h3-9,16-17H,10,18H2,1-2H3. The van der Waals surface area contributed by atoms with Crippen molar-refractivity contribution in [2.75, 3.05) is 0 Å². The topological polar surface area (TPSA) is 35.2 Å². The lowest BCUT2D eigenvalue weighted by Crippen LogP contribution is -2.27. The first-order valence-corrected chi connectivity index (χ1v) is 6.72. The van der Waals surface area contributed by atoms with Gasteiger partial charge in [-0.3, -0.25) is 0 Å². The number of ether oxygens (including phenoxy) is 1. The van der Waals surface area contributed by atoms with E-state index in [0.717, 1.165) is 12.2 Å². The molecule has 98 valence electrons. The fraction of sp³-hybridized carbons (Fsp3) is 0.294. The van der Waals surface area contributed by atoms with E-state index in [1.165, 1.54) is 22.3 Å². The summed E-state index contributed by atoms with van der Waals surface area (Å²) in [6.45, 7) is 4.17. The van der Waals surface area contributed by atoms with E-state index in [-0.39, 0.29) is 12.1 Å². The molecule has 0 aromatic heterocycles. The lowest BCUT2D eigenvalue weighted by Gasteiger charge is -2.19. The Morgan fingerprint density at radius 2 is 1.74 bits per heavy atom. The van der Waals surface area contributed by atoms with E-state index in [9.17, 15) is 0 Å². The van der Waals surface area contributed by atoms with Crippen molar-refractivity contribution in [3.8, 4) is 5.75 Å². The van der Waals surface area contributed by atoms with E-state index < -0.39 is 0 Å². The van der Waals surface area contributed by atoms with Crippen molar-refractivity contribution in [2.45, 2.75) is 32.4 Å². The first-order valence-electron chi connectivity index (χ1n) is 6.72. The molecule has 1 aliphatic rings.